The first-order valence-electron chi connectivity index (χ1n) is 5.74. The number of thiazole rings is 1. The molecule has 0 amide bonds. The lowest BCUT2D eigenvalue weighted by atomic mass is 10.2. The fourth-order valence-corrected chi connectivity index (χ4v) is 2.62. The van der Waals surface area contributed by atoms with E-state index in [1.165, 1.54) is 0 Å². The van der Waals surface area contributed by atoms with Crippen LogP contribution in [0.2, 0.25) is 5.02 Å². The molecule has 6 heteroatoms. The Balaban J connectivity index is 2.02. The topological polar surface area (TPSA) is 43.4 Å². The van der Waals surface area contributed by atoms with Gasteiger partial charge in [-0.1, -0.05) is 11.6 Å². The van der Waals surface area contributed by atoms with Gasteiger partial charge in [0.2, 0.25) is 0 Å². The SMILES string of the molecule is COc1cc(CNCc2nccs2)cc(Cl)c1OC. The Labute approximate surface area is 121 Å². The molecule has 0 aliphatic carbocycles. The van der Waals surface area contributed by atoms with Crippen LogP contribution in [0.5, 0.6) is 11.5 Å². The van der Waals surface area contributed by atoms with Gasteiger partial charge in [0.1, 0.15) is 5.01 Å². The van der Waals surface area contributed by atoms with E-state index in [1.807, 2.05) is 17.5 Å². The molecule has 2 aromatic rings. The van der Waals surface area contributed by atoms with E-state index in [1.54, 1.807) is 31.8 Å². The second kappa shape index (κ2) is 6.75. The van der Waals surface area contributed by atoms with E-state index in [2.05, 4.69) is 10.3 Å². The number of nitrogens with zero attached hydrogens (tertiary/aromatic N) is 1. The number of nitrogens with one attached hydrogen (secondary N) is 1. The third-order valence-electron chi connectivity index (χ3n) is 2.58. The highest BCUT2D eigenvalue weighted by Gasteiger charge is 2.10. The Morgan fingerprint density at radius 3 is 2.74 bits per heavy atom. The van der Waals surface area contributed by atoms with Gasteiger partial charge in [-0.2, -0.15) is 0 Å². The number of benzene rings is 1. The molecular weight excluding hydrogens is 284 g/mol. The number of rotatable bonds is 6. The highest BCUT2D eigenvalue weighted by atomic mass is 35.5. The summed E-state index contributed by atoms with van der Waals surface area (Å²) < 4.78 is 10.5. The van der Waals surface area contributed by atoms with Crippen LogP contribution in [0.4, 0.5) is 0 Å². The smallest absolute Gasteiger partial charge is 0.179 e. The lowest BCUT2D eigenvalue weighted by Crippen LogP contribution is -2.12. The van der Waals surface area contributed by atoms with E-state index >= 15 is 0 Å². The van der Waals surface area contributed by atoms with Gasteiger partial charge < -0.3 is 14.8 Å². The molecule has 0 saturated heterocycles. The zero-order valence-corrected chi connectivity index (χ0v) is 12.3. The van der Waals surface area contributed by atoms with Crippen molar-refractivity contribution >= 4 is 22.9 Å². The van der Waals surface area contributed by atoms with E-state index in [-0.39, 0.29) is 0 Å². The predicted octanol–water partition coefficient (Wildman–Crippen LogP) is 3.10. The lowest BCUT2D eigenvalue weighted by molar-refractivity contribution is 0.354. The standard InChI is InChI=1S/C13H15ClN2O2S/c1-17-11-6-9(5-10(14)13(11)18-2)7-15-8-12-16-3-4-19-12/h3-6,15H,7-8H2,1-2H3. The van der Waals surface area contributed by atoms with E-state index in [0.717, 1.165) is 17.1 Å². The number of hydrogen-bond acceptors (Lipinski definition) is 5. The van der Waals surface area contributed by atoms with Gasteiger partial charge in [-0.15, -0.1) is 11.3 Å². The molecule has 102 valence electrons. The van der Waals surface area contributed by atoms with Crippen LogP contribution in [-0.2, 0) is 13.1 Å². The quantitative estimate of drug-likeness (QED) is 0.890. The van der Waals surface area contributed by atoms with Crippen molar-refractivity contribution in [3.8, 4) is 11.5 Å². The van der Waals surface area contributed by atoms with E-state index in [9.17, 15) is 0 Å². The van der Waals surface area contributed by atoms with E-state index in [4.69, 9.17) is 21.1 Å². The zero-order chi connectivity index (χ0) is 13.7. The van der Waals surface area contributed by atoms with Gasteiger partial charge >= 0.3 is 0 Å². The minimum Gasteiger partial charge on any atom is -0.493 e. The Morgan fingerprint density at radius 1 is 1.26 bits per heavy atom. The largest absolute Gasteiger partial charge is 0.493 e. The van der Waals surface area contributed by atoms with Gasteiger partial charge in [-0.05, 0) is 17.7 Å². The molecule has 0 unspecified atom stereocenters. The summed E-state index contributed by atoms with van der Waals surface area (Å²) >= 11 is 7.78. The van der Waals surface area contributed by atoms with Crippen LogP contribution in [0.25, 0.3) is 0 Å². The number of aromatic nitrogens is 1. The van der Waals surface area contributed by atoms with Crippen LogP contribution in [0, 0.1) is 0 Å². The van der Waals surface area contributed by atoms with Gasteiger partial charge in [0.25, 0.3) is 0 Å². The van der Waals surface area contributed by atoms with Crippen molar-refractivity contribution in [3.05, 3.63) is 39.3 Å². The molecule has 0 spiro atoms. The second-order valence-corrected chi connectivity index (χ2v) is 5.23. The number of ether oxygens (including phenoxy) is 2. The van der Waals surface area contributed by atoms with Gasteiger partial charge in [-0.25, -0.2) is 4.98 Å². The normalized spacial score (nSPS) is 10.5. The molecule has 0 saturated carbocycles. The molecule has 2 rings (SSSR count). The molecule has 0 aliphatic heterocycles. The Hall–Kier alpha value is -1.30. The first kappa shape index (κ1) is 14.1. The van der Waals surface area contributed by atoms with Crippen LogP contribution in [0.15, 0.2) is 23.7 Å². The first-order chi connectivity index (χ1) is 9.24. The van der Waals surface area contributed by atoms with E-state index in [0.29, 0.717) is 23.1 Å². The maximum absolute atomic E-state index is 6.15. The summed E-state index contributed by atoms with van der Waals surface area (Å²) in [7, 11) is 3.17. The molecule has 0 radical (unpaired) electrons. The number of halogens is 1. The summed E-state index contributed by atoms with van der Waals surface area (Å²) in [5.74, 6) is 1.20. The molecular formula is C13H15ClN2O2S. The molecule has 4 nitrogen and oxygen atoms in total. The van der Waals surface area contributed by atoms with Crippen molar-refractivity contribution in [2.45, 2.75) is 13.1 Å². The van der Waals surface area contributed by atoms with Crippen molar-refractivity contribution in [3.63, 3.8) is 0 Å². The number of hydrogen-bond donors (Lipinski definition) is 1. The molecule has 0 atom stereocenters. The molecule has 0 bridgehead atoms. The van der Waals surface area contributed by atoms with Crippen molar-refractivity contribution in [2.24, 2.45) is 0 Å². The summed E-state index contributed by atoms with van der Waals surface area (Å²) in [4.78, 5) is 4.21. The van der Waals surface area contributed by atoms with Gasteiger partial charge in [0.05, 0.1) is 19.2 Å². The fourth-order valence-electron chi connectivity index (χ4n) is 1.73. The average Bonchev–Trinajstić information content (AvgIpc) is 2.91. The maximum atomic E-state index is 6.15. The van der Waals surface area contributed by atoms with Crippen molar-refractivity contribution < 1.29 is 9.47 Å². The summed E-state index contributed by atoms with van der Waals surface area (Å²) in [6, 6.07) is 3.79. The fraction of sp³-hybridized carbons (Fsp3) is 0.308. The highest BCUT2D eigenvalue weighted by molar-refractivity contribution is 7.09. The first-order valence-corrected chi connectivity index (χ1v) is 7.00. The average molecular weight is 299 g/mol. The maximum Gasteiger partial charge on any atom is 0.179 e. The van der Waals surface area contributed by atoms with Crippen molar-refractivity contribution in [1.82, 2.24) is 10.3 Å². The second-order valence-electron chi connectivity index (χ2n) is 3.84. The Morgan fingerprint density at radius 2 is 2.11 bits per heavy atom. The minimum absolute atomic E-state index is 0.549. The molecule has 0 aliphatic rings. The summed E-state index contributed by atoms with van der Waals surface area (Å²) in [6.45, 7) is 1.43. The van der Waals surface area contributed by atoms with Crippen LogP contribution in [-0.4, -0.2) is 19.2 Å². The highest BCUT2D eigenvalue weighted by Crippen LogP contribution is 2.35. The van der Waals surface area contributed by atoms with Crippen LogP contribution in [0.1, 0.15) is 10.6 Å². The van der Waals surface area contributed by atoms with Crippen molar-refractivity contribution in [2.75, 3.05) is 14.2 Å². The third kappa shape index (κ3) is 3.59. The van der Waals surface area contributed by atoms with Crippen LogP contribution >= 0.6 is 22.9 Å². The van der Waals surface area contributed by atoms with Gasteiger partial charge in [0, 0.05) is 24.7 Å². The van der Waals surface area contributed by atoms with Crippen molar-refractivity contribution in [1.29, 1.82) is 0 Å². The molecule has 0 fully saturated rings. The minimum atomic E-state index is 0.549. The lowest BCUT2D eigenvalue weighted by Gasteiger charge is -2.12. The molecule has 19 heavy (non-hydrogen) atoms. The Bertz CT molecular complexity index is 532. The van der Waals surface area contributed by atoms with Gasteiger partial charge in [-0.3, -0.25) is 0 Å². The van der Waals surface area contributed by atoms with Gasteiger partial charge in [0.15, 0.2) is 11.5 Å². The molecule has 1 heterocycles. The monoisotopic (exact) mass is 298 g/mol. The molecule has 1 aromatic heterocycles. The third-order valence-corrected chi connectivity index (χ3v) is 3.64. The zero-order valence-electron chi connectivity index (χ0n) is 10.8. The van der Waals surface area contributed by atoms with Crippen LogP contribution in [0.3, 0.4) is 0 Å². The molecule has 1 aromatic carbocycles. The summed E-state index contributed by atoms with van der Waals surface area (Å²) in [5.41, 5.74) is 1.04. The Kier molecular flexibility index (Phi) is 5.01. The summed E-state index contributed by atoms with van der Waals surface area (Å²) in [6.07, 6.45) is 1.80. The van der Waals surface area contributed by atoms with E-state index < -0.39 is 0 Å². The van der Waals surface area contributed by atoms with Crippen LogP contribution < -0.4 is 14.8 Å². The number of methoxy groups -OCH3 is 2. The predicted molar refractivity (Wildman–Crippen MR) is 77.2 cm³/mol. The molecule has 1 N–H and O–H groups in total. The summed E-state index contributed by atoms with van der Waals surface area (Å²) in [5, 5.41) is 6.89.